The van der Waals surface area contributed by atoms with Crippen LogP contribution in [0.2, 0.25) is 0 Å². The van der Waals surface area contributed by atoms with E-state index in [9.17, 15) is 4.79 Å². The molecule has 2 aromatic heterocycles. The Morgan fingerprint density at radius 3 is 2.30 bits per heavy atom. The van der Waals surface area contributed by atoms with Crippen LogP contribution in [0.1, 0.15) is 16.2 Å². The van der Waals surface area contributed by atoms with Crippen LogP contribution in [0.15, 0.2) is 47.0 Å². The van der Waals surface area contributed by atoms with E-state index in [4.69, 9.17) is 9.51 Å². The molecule has 0 bridgehead atoms. The highest BCUT2D eigenvalue weighted by atomic mass is 16.5. The number of likely N-dealkylation sites (N-methyl/N-ethyl adjacent to an activating group) is 1. The topological polar surface area (TPSA) is 81.8 Å². The molecule has 2 saturated heterocycles. The van der Waals surface area contributed by atoms with Crippen LogP contribution in [0.4, 0.5) is 11.8 Å². The molecule has 5 rings (SSSR count). The van der Waals surface area contributed by atoms with Crippen molar-refractivity contribution in [2.24, 2.45) is 0 Å². The first-order valence-corrected chi connectivity index (χ1v) is 11.4. The van der Waals surface area contributed by atoms with Gasteiger partial charge in [-0.25, -0.2) is 4.98 Å². The summed E-state index contributed by atoms with van der Waals surface area (Å²) in [5.41, 5.74) is 2.21. The zero-order valence-corrected chi connectivity index (χ0v) is 19.1. The summed E-state index contributed by atoms with van der Waals surface area (Å²) in [4.78, 5) is 31.2. The summed E-state index contributed by atoms with van der Waals surface area (Å²) in [7, 11) is 2.15. The molecular formula is C24H29N7O2. The summed E-state index contributed by atoms with van der Waals surface area (Å²) in [6.07, 6.45) is 0. The Morgan fingerprint density at radius 1 is 0.879 bits per heavy atom. The fourth-order valence-electron chi connectivity index (χ4n) is 4.26. The third-order valence-electron chi connectivity index (χ3n) is 6.29. The third-order valence-corrected chi connectivity index (χ3v) is 6.29. The van der Waals surface area contributed by atoms with Crippen LogP contribution in [0.5, 0.6) is 0 Å². The highest BCUT2D eigenvalue weighted by Gasteiger charge is 2.27. The number of nitrogens with zero attached hydrogens (tertiary/aromatic N) is 7. The van der Waals surface area contributed by atoms with Crippen molar-refractivity contribution in [2.75, 3.05) is 69.2 Å². The van der Waals surface area contributed by atoms with E-state index in [0.29, 0.717) is 37.6 Å². The van der Waals surface area contributed by atoms with Crippen molar-refractivity contribution in [3.05, 3.63) is 53.9 Å². The first kappa shape index (κ1) is 21.4. The molecule has 0 aliphatic carbocycles. The van der Waals surface area contributed by atoms with E-state index in [1.807, 2.05) is 42.2 Å². The maximum absolute atomic E-state index is 13.0. The van der Waals surface area contributed by atoms with Gasteiger partial charge < -0.3 is 24.1 Å². The molecule has 0 radical (unpaired) electrons. The molecule has 9 nitrogen and oxygen atoms in total. The number of hydrogen-bond donors (Lipinski definition) is 0. The van der Waals surface area contributed by atoms with Gasteiger partial charge in [0, 0.05) is 75.7 Å². The molecule has 0 unspecified atom stereocenters. The lowest BCUT2D eigenvalue weighted by Gasteiger charge is -2.36. The van der Waals surface area contributed by atoms with Crippen LogP contribution in [-0.4, -0.2) is 90.2 Å². The average Bonchev–Trinajstić information content (AvgIpc) is 3.35. The van der Waals surface area contributed by atoms with E-state index in [0.717, 1.165) is 49.2 Å². The molecule has 2 aliphatic heterocycles. The number of amides is 1. The van der Waals surface area contributed by atoms with E-state index >= 15 is 0 Å². The lowest BCUT2D eigenvalue weighted by molar-refractivity contribution is 0.0736. The lowest BCUT2D eigenvalue weighted by atomic mass is 10.1. The van der Waals surface area contributed by atoms with Crippen molar-refractivity contribution in [3.8, 4) is 11.3 Å². The number of carbonyl (C=O) groups is 1. The maximum atomic E-state index is 13.0. The van der Waals surface area contributed by atoms with Gasteiger partial charge in [-0.15, -0.1) is 0 Å². The number of benzene rings is 1. The maximum Gasteiger partial charge on any atom is 0.276 e. The van der Waals surface area contributed by atoms with Crippen molar-refractivity contribution in [3.63, 3.8) is 0 Å². The SMILES string of the molecule is Cc1cc(N2CCN(C)CC2)nc(N2CCN(C(=O)c3cc(-c4ccccc4)on3)CC2)n1. The number of hydrogen-bond acceptors (Lipinski definition) is 8. The van der Waals surface area contributed by atoms with Crippen LogP contribution in [0.25, 0.3) is 11.3 Å². The number of piperazine rings is 2. The molecule has 0 spiro atoms. The Labute approximate surface area is 193 Å². The van der Waals surface area contributed by atoms with Gasteiger partial charge in [0.15, 0.2) is 11.5 Å². The molecule has 0 N–H and O–H groups in total. The molecule has 0 saturated carbocycles. The van der Waals surface area contributed by atoms with Gasteiger partial charge >= 0.3 is 0 Å². The lowest BCUT2D eigenvalue weighted by Crippen LogP contribution is -2.49. The molecule has 3 aromatic rings. The predicted molar refractivity (Wildman–Crippen MR) is 127 cm³/mol. The van der Waals surface area contributed by atoms with Gasteiger partial charge in [0.25, 0.3) is 5.91 Å². The Morgan fingerprint density at radius 2 is 1.58 bits per heavy atom. The zero-order valence-electron chi connectivity index (χ0n) is 19.1. The number of anilines is 2. The zero-order chi connectivity index (χ0) is 22.8. The van der Waals surface area contributed by atoms with Gasteiger partial charge in [0.1, 0.15) is 5.82 Å². The second-order valence-corrected chi connectivity index (χ2v) is 8.68. The minimum atomic E-state index is -0.108. The van der Waals surface area contributed by atoms with Gasteiger partial charge in [-0.1, -0.05) is 35.5 Å². The normalized spacial score (nSPS) is 17.5. The summed E-state index contributed by atoms with van der Waals surface area (Å²) in [5.74, 6) is 2.22. The highest BCUT2D eigenvalue weighted by Crippen LogP contribution is 2.22. The minimum Gasteiger partial charge on any atom is -0.355 e. The van der Waals surface area contributed by atoms with Gasteiger partial charge in [-0.2, -0.15) is 4.98 Å². The van der Waals surface area contributed by atoms with Crippen LogP contribution < -0.4 is 9.80 Å². The van der Waals surface area contributed by atoms with Crippen molar-refractivity contribution in [2.45, 2.75) is 6.92 Å². The molecule has 33 heavy (non-hydrogen) atoms. The van der Waals surface area contributed by atoms with Crippen molar-refractivity contribution in [1.29, 1.82) is 0 Å². The number of rotatable bonds is 4. The standard InChI is InChI=1S/C24H29N7O2/c1-18-16-22(29-10-8-28(2)9-11-29)26-24(25-18)31-14-12-30(13-15-31)23(32)20-17-21(33-27-20)19-6-4-3-5-7-19/h3-7,16-17H,8-15H2,1-2H3. The first-order chi connectivity index (χ1) is 16.1. The van der Waals surface area contributed by atoms with Crippen molar-refractivity contribution in [1.82, 2.24) is 24.9 Å². The van der Waals surface area contributed by atoms with Gasteiger partial charge in [-0.3, -0.25) is 4.79 Å². The van der Waals surface area contributed by atoms with Gasteiger partial charge in [0.2, 0.25) is 5.95 Å². The second kappa shape index (κ2) is 9.19. The van der Waals surface area contributed by atoms with Crippen molar-refractivity contribution < 1.29 is 9.32 Å². The highest BCUT2D eigenvalue weighted by molar-refractivity contribution is 5.93. The van der Waals surface area contributed by atoms with E-state index in [2.05, 4.69) is 38.0 Å². The second-order valence-electron chi connectivity index (χ2n) is 8.68. The van der Waals surface area contributed by atoms with E-state index in [1.165, 1.54) is 0 Å². The average molecular weight is 448 g/mol. The Hall–Kier alpha value is -3.46. The molecule has 4 heterocycles. The summed E-state index contributed by atoms with van der Waals surface area (Å²) < 4.78 is 5.41. The smallest absolute Gasteiger partial charge is 0.276 e. The Kier molecular flexibility index (Phi) is 5.95. The Balaban J connectivity index is 1.23. The molecule has 9 heteroatoms. The predicted octanol–water partition coefficient (Wildman–Crippen LogP) is 2.15. The van der Waals surface area contributed by atoms with Crippen LogP contribution in [0, 0.1) is 6.92 Å². The molecule has 0 atom stereocenters. The van der Waals surface area contributed by atoms with E-state index in [1.54, 1.807) is 6.07 Å². The summed E-state index contributed by atoms with van der Waals surface area (Å²) in [5, 5.41) is 4.01. The molecule has 1 amide bonds. The third kappa shape index (κ3) is 4.68. The van der Waals surface area contributed by atoms with Gasteiger partial charge in [-0.05, 0) is 14.0 Å². The molecule has 1 aromatic carbocycles. The number of carbonyl (C=O) groups excluding carboxylic acids is 1. The van der Waals surface area contributed by atoms with Crippen molar-refractivity contribution >= 4 is 17.7 Å². The number of aromatic nitrogens is 3. The fourth-order valence-corrected chi connectivity index (χ4v) is 4.26. The quantitative estimate of drug-likeness (QED) is 0.602. The molecular weight excluding hydrogens is 418 g/mol. The monoisotopic (exact) mass is 447 g/mol. The molecule has 2 aliphatic rings. The van der Waals surface area contributed by atoms with Crippen LogP contribution >= 0.6 is 0 Å². The fraction of sp³-hybridized carbons (Fsp3) is 0.417. The minimum absolute atomic E-state index is 0.108. The molecule has 172 valence electrons. The molecule has 2 fully saturated rings. The summed E-state index contributed by atoms with van der Waals surface area (Å²) in [6.45, 7) is 8.57. The largest absolute Gasteiger partial charge is 0.355 e. The van der Waals surface area contributed by atoms with Gasteiger partial charge in [0.05, 0.1) is 0 Å². The number of aryl methyl sites for hydroxylation is 1. The summed E-state index contributed by atoms with van der Waals surface area (Å²) in [6, 6.07) is 13.5. The van der Waals surface area contributed by atoms with E-state index < -0.39 is 0 Å². The summed E-state index contributed by atoms with van der Waals surface area (Å²) >= 11 is 0. The van der Waals surface area contributed by atoms with E-state index in [-0.39, 0.29) is 5.91 Å². The van der Waals surface area contributed by atoms with Crippen LogP contribution in [-0.2, 0) is 0 Å². The first-order valence-electron chi connectivity index (χ1n) is 11.4. The van der Waals surface area contributed by atoms with Crippen LogP contribution in [0.3, 0.4) is 0 Å². The Bertz CT molecular complexity index is 1100.